The summed E-state index contributed by atoms with van der Waals surface area (Å²) in [7, 11) is 0. The van der Waals surface area contributed by atoms with Gasteiger partial charge in [0.1, 0.15) is 16.9 Å². The molecule has 0 aliphatic rings. The third-order valence-corrected chi connectivity index (χ3v) is 10.7. The molecule has 0 N–H and O–H groups in total. The predicted octanol–water partition coefficient (Wildman–Crippen LogP) is 14.5. The van der Waals surface area contributed by atoms with Crippen LogP contribution in [0.2, 0.25) is 0 Å². The van der Waals surface area contributed by atoms with Crippen LogP contribution in [0.25, 0.3) is 110 Å². The second-order valence-corrected chi connectivity index (χ2v) is 13.5. The van der Waals surface area contributed by atoms with E-state index in [0.29, 0.717) is 0 Å². The molecule has 0 unspecified atom stereocenters. The molecule has 0 amide bonds. The summed E-state index contributed by atoms with van der Waals surface area (Å²) in [6.07, 6.45) is 1.75. The highest BCUT2D eigenvalue weighted by Gasteiger charge is 2.22. The lowest BCUT2D eigenvalue weighted by Gasteiger charge is -2.17. The molecule has 0 aliphatic heterocycles. The van der Waals surface area contributed by atoms with Crippen molar-refractivity contribution in [2.75, 3.05) is 0 Å². The fourth-order valence-electron chi connectivity index (χ4n) is 8.61. The fourth-order valence-corrected chi connectivity index (χ4v) is 8.61. The lowest BCUT2D eigenvalue weighted by atomic mass is 9.85. The monoisotopic (exact) mass is 662 g/mol. The van der Waals surface area contributed by atoms with Crippen LogP contribution in [0.4, 0.5) is 0 Å². The number of para-hydroxylation sites is 1. The van der Waals surface area contributed by atoms with Crippen molar-refractivity contribution in [2.45, 2.75) is 0 Å². The van der Waals surface area contributed by atoms with Crippen molar-refractivity contribution in [3.05, 3.63) is 182 Å². The molecule has 0 radical (unpaired) electrons. The van der Waals surface area contributed by atoms with Gasteiger partial charge in [-0.3, -0.25) is 0 Å². The Morgan fingerprint density at radius 3 is 1.37 bits per heavy atom. The van der Waals surface area contributed by atoms with Crippen LogP contribution < -0.4 is 0 Å². The van der Waals surface area contributed by atoms with Crippen molar-refractivity contribution in [1.82, 2.24) is 0 Å². The highest BCUT2D eigenvalue weighted by Crippen LogP contribution is 2.48. The minimum Gasteiger partial charge on any atom is -0.464 e. The van der Waals surface area contributed by atoms with Crippen LogP contribution in [0, 0.1) is 0 Å². The van der Waals surface area contributed by atoms with E-state index in [1.165, 1.54) is 65.3 Å². The maximum atomic E-state index is 6.87. The molecule has 11 aromatic rings. The Labute approximate surface area is 299 Å². The molecule has 0 bridgehead atoms. The third-order valence-electron chi connectivity index (χ3n) is 10.7. The summed E-state index contributed by atoms with van der Waals surface area (Å²) in [6.45, 7) is 0. The van der Waals surface area contributed by atoms with E-state index in [0.717, 1.165) is 44.4 Å². The number of fused-ring (bicyclic) bond motifs is 7. The molecule has 2 nitrogen and oxygen atoms in total. The van der Waals surface area contributed by atoms with Crippen LogP contribution >= 0.6 is 0 Å². The van der Waals surface area contributed by atoms with Gasteiger partial charge in [-0.1, -0.05) is 152 Å². The first-order valence-electron chi connectivity index (χ1n) is 17.8. The van der Waals surface area contributed by atoms with E-state index < -0.39 is 0 Å². The van der Waals surface area contributed by atoms with Crippen LogP contribution in [0.15, 0.2) is 191 Å². The highest BCUT2D eigenvalue weighted by atomic mass is 16.3. The van der Waals surface area contributed by atoms with E-state index >= 15 is 0 Å². The van der Waals surface area contributed by atoms with Gasteiger partial charge in [0.25, 0.3) is 0 Å². The molecule has 0 fully saturated rings. The molecule has 0 spiro atoms. The first-order chi connectivity index (χ1) is 25.8. The SMILES string of the molecule is c1ccc(-c2c3ccccc3c(-c3cccc4c3oc3ccc(-c5c6ccccc6c(-c6ccco6)c6ccccc56)cc34)c3ccccc23)cc1. The largest absolute Gasteiger partial charge is 0.464 e. The van der Waals surface area contributed by atoms with E-state index in [1.807, 2.05) is 6.07 Å². The maximum absolute atomic E-state index is 6.87. The second kappa shape index (κ2) is 11.3. The van der Waals surface area contributed by atoms with Crippen molar-refractivity contribution in [3.63, 3.8) is 0 Å². The number of hydrogen-bond acceptors (Lipinski definition) is 2. The first-order valence-corrected chi connectivity index (χ1v) is 17.8. The Kier molecular flexibility index (Phi) is 6.28. The number of hydrogen-bond donors (Lipinski definition) is 0. The van der Waals surface area contributed by atoms with Crippen LogP contribution in [-0.4, -0.2) is 0 Å². The molecular weight excluding hydrogens is 633 g/mol. The van der Waals surface area contributed by atoms with Crippen molar-refractivity contribution in [2.24, 2.45) is 0 Å². The van der Waals surface area contributed by atoms with Gasteiger partial charge >= 0.3 is 0 Å². The van der Waals surface area contributed by atoms with Crippen LogP contribution in [0.1, 0.15) is 0 Å². The van der Waals surface area contributed by atoms with E-state index in [2.05, 4.69) is 170 Å². The van der Waals surface area contributed by atoms with Gasteiger partial charge in [-0.05, 0) is 89.6 Å². The second-order valence-electron chi connectivity index (χ2n) is 13.5. The lowest BCUT2D eigenvalue weighted by Crippen LogP contribution is -1.91. The molecule has 0 aliphatic carbocycles. The summed E-state index contributed by atoms with van der Waals surface area (Å²) in [5.41, 5.74) is 10.0. The average Bonchev–Trinajstić information content (AvgIpc) is 3.88. The van der Waals surface area contributed by atoms with Crippen LogP contribution in [0.3, 0.4) is 0 Å². The third kappa shape index (κ3) is 4.19. The fraction of sp³-hybridized carbons (Fsp3) is 0. The molecule has 2 heterocycles. The normalized spacial score (nSPS) is 11.8. The average molecular weight is 663 g/mol. The Bertz CT molecular complexity index is 3050. The minimum atomic E-state index is 0.875. The summed E-state index contributed by atoms with van der Waals surface area (Å²) in [6, 6.07) is 63.0. The molecule has 9 aromatic carbocycles. The zero-order chi connectivity index (χ0) is 34.2. The van der Waals surface area contributed by atoms with E-state index in [-0.39, 0.29) is 0 Å². The first kappa shape index (κ1) is 28.9. The zero-order valence-corrected chi connectivity index (χ0v) is 28.1. The molecule has 2 heteroatoms. The smallest absolute Gasteiger partial charge is 0.143 e. The Morgan fingerprint density at radius 1 is 0.308 bits per heavy atom. The van der Waals surface area contributed by atoms with Gasteiger partial charge in [-0.25, -0.2) is 0 Å². The number of benzene rings is 9. The van der Waals surface area contributed by atoms with Gasteiger partial charge < -0.3 is 8.83 Å². The molecule has 242 valence electrons. The molecule has 11 rings (SSSR count). The number of furan rings is 2. The van der Waals surface area contributed by atoms with E-state index in [9.17, 15) is 0 Å². The minimum absolute atomic E-state index is 0.875. The standard InChI is InChI=1S/C50H30O2/c1-2-14-31(15-3-1)46-33-16-4-8-20-37(33)48(38-21-9-5-17-34(38)46)42-25-12-24-41-43-30-32(27-28-44(43)52-50(41)42)47-35-18-6-10-22-39(35)49(45-26-13-29-51-45)40-23-11-7-19-36(40)47/h1-30H. The molecule has 2 aromatic heterocycles. The molecule has 52 heavy (non-hydrogen) atoms. The van der Waals surface area contributed by atoms with Gasteiger partial charge in [0.15, 0.2) is 0 Å². The summed E-state index contributed by atoms with van der Waals surface area (Å²) in [4.78, 5) is 0. The van der Waals surface area contributed by atoms with Crippen molar-refractivity contribution in [3.8, 4) is 44.7 Å². The van der Waals surface area contributed by atoms with Gasteiger partial charge in [0.05, 0.1) is 6.26 Å². The van der Waals surface area contributed by atoms with Crippen molar-refractivity contribution < 1.29 is 8.83 Å². The highest BCUT2D eigenvalue weighted by molar-refractivity contribution is 6.25. The summed E-state index contributed by atoms with van der Waals surface area (Å²) in [5, 5.41) is 11.8. The summed E-state index contributed by atoms with van der Waals surface area (Å²) < 4.78 is 12.9. The van der Waals surface area contributed by atoms with Gasteiger partial charge in [-0.15, -0.1) is 0 Å². The zero-order valence-electron chi connectivity index (χ0n) is 28.1. The Morgan fingerprint density at radius 2 is 0.808 bits per heavy atom. The van der Waals surface area contributed by atoms with Crippen LogP contribution in [0.5, 0.6) is 0 Å². The Hall–Kier alpha value is -6.90. The van der Waals surface area contributed by atoms with Gasteiger partial charge in [-0.2, -0.15) is 0 Å². The predicted molar refractivity (Wildman–Crippen MR) is 218 cm³/mol. The maximum Gasteiger partial charge on any atom is 0.143 e. The number of rotatable bonds is 4. The lowest BCUT2D eigenvalue weighted by molar-refractivity contribution is 0.583. The summed E-state index contributed by atoms with van der Waals surface area (Å²) >= 11 is 0. The van der Waals surface area contributed by atoms with E-state index in [4.69, 9.17) is 8.83 Å². The van der Waals surface area contributed by atoms with E-state index in [1.54, 1.807) is 6.26 Å². The summed E-state index contributed by atoms with van der Waals surface area (Å²) in [5.74, 6) is 0.875. The van der Waals surface area contributed by atoms with Gasteiger partial charge in [0, 0.05) is 27.5 Å². The molecule has 0 saturated heterocycles. The van der Waals surface area contributed by atoms with Crippen molar-refractivity contribution >= 4 is 65.0 Å². The molecular formula is C50H30O2. The van der Waals surface area contributed by atoms with Crippen LogP contribution in [-0.2, 0) is 0 Å². The quantitative estimate of drug-likeness (QED) is 0.175. The molecule has 0 saturated carbocycles. The van der Waals surface area contributed by atoms with Crippen molar-refractivity contribution in [1.29, 1.82) is 0 Å². The Balaban J connectivity index is 1.19. The van der Waals surface area contributed by atoms with Gasteiger partial charge in [0.2, 0.25) is 0 Å². The topological polar surface area (TPSA) is 26.3 Å². The molecule has 0 atom stereocenters.